The van der Waals surface area contributed by atoms with Crippen LogP contribution in [0.5, 0.6) is 0 Å². The van der Waals surface area contributed by atoms with Crippen molar-refractivity contribution in [1.82, 2.24) is 9.80 Å². The van der Waals surface area contributed by atoms with E-state index in [-0.39, 0.29) is 12.5 Å². The Morgan fingerprint density at radius 3 is 2.34 bits per heavy atom. The Bertz CT molecular complexity index is 819. The average molecular weight is 427 g/mol. The van der Waals surface area contributed by atoms with E-state index >= 15 is 0 Å². The van der Waals surface area contributed by atoms with Crippen molar-refractivity contribution in [3.8, 4) is 0 Å². The van der Waals surface area contributed by atoms with Crippen LogP contribution in [0.4, 0.5) is 13.2 Å². The van der Waals surface area contributed by atoms with Crippen molar-refractivity contribution in [3.63, 3.8) is 0 Å². The standard InChI is InChI=1S/C21H22ClF3N2O2/c22-19-6-4-16(5-7-19)13-26-8-10-27(11-9-26)20(28)18-3-1-2-17(12-18)14-29-15-21(23,24)25/h1-7,12H,8-11,13-15H2. The normalized spacial score (nSPS) is 15.5. The van der Waals surface area contributed by atoms with E-state index in [4.69, 9.17) is 11.6 Å². The fourth-order valence-corrected chi connectivity index (χ4v) is 3.34. The van der Waals surface area contributed by atoms with Crippen LogP contribution in [0.1, 0.15) is 21.5 Å². The number of ether oxygens (including phenoxy) is 1. The molecule has 0 spiro atoms. The number of halogens is 4. The molecule has 0 aromatic heterocycles. The van der Waals surface area contributed by atoms with Gasteiger partial charge in [0.05, 0.1) is 6.61 Å². The van der Waals surface area contributed by atoms with Crippen LogP contribution in [0.2, 0.25) is 5.02 Å². The summed E-state index contributed by atoms with van der Waals surface area (Å²) in [5, 5.41) is 0.704. The minimum absolute atomic E-state index is 0.117. The Kier molecular flexibility index (Phi) is 7.16. The molecule has 0 atom stereocenters. The van der Waals surface area contributed by atoms with Gasteiger partial charge in [-0.3, -0.25) is 9.69 Å². The molecule has 0 saturated carbocycles. The zero-order chi connectivity index (χ0) is 20.9. The minimum Gasteiger partial charge on any atom is -0.367 e. The van der Waals surface area contributed by atoms with Crippen LogP contribution in [0.3, 0.4) is 0 Å². The third kappa shape index (κ3) is 6.73. The number of hydrogen-bond acceptors (Lipinski definition) is 3. The molecule has 1 fully saturated rings. The summed E-state index contributed by atoms with van der Waals surface area (Å²) in [4.78, 5) is 16.8. The molecule has 0 aliphatic carbocycles. The molecule has 0 bridgehead atoms. The lowest BCUT2D eigenvalue weighted by Gasteiger charge is -2.34. The van der Waals surface area contributed by atoms with Gasteiger partial charge in [-0.25, -0.2) is 0 Å². The van der Waals surface area contributed by atoms with E-state index in [0.717, 1.165) is 19.6 Å². The van der Waals surface area contributed by atoms with Gasteiger partial charge in [-0.15, -0.1) is 0 Å². The highest BCUT2D eigenvalue weighted by atomic mass is 35.5. The van der Waals surface area contributed by atoms with E-state index < -0.39 is 12.8 Å². The van der Waals surface area contributed by atoms with Crippen molar-refractivity contribution in [1.29, 1.82) is 0 Å². The predicted molar refractivity (Wildman–Crippen MR) is 105 cm³/mol. The number of alkyl halides is 3. The highest BCUT2D eigenvalue weighted by molar-refractivity contribution is 6.30. The van der Waals surface area contributed by atoms with Crippen LogP contribution < -0.4 is 0 Å². The van der Waals surface area contributed by atoms with Crippen molar-refractivity contribution >= 4 is 17.5 Å². The monoisotopic (exact) mass is 426 g/mol. The lowest BCUT2D eigenvalue weighted by Crippen LogP contribution is -2.48. The number of piperazine rings is 1. The van der Waals surface area contributed by atoms with E-state index in [0.29, 0.717) is 29.2 Å². The summed E-state index contributed by atoms with van der Waals surface area (Å²) in [6.45, 7) is 2.01. The molecular formula is C21H22ClF3N2O2. The van der Waals surface area contributed by atoms with Crippen molar-refractivity contribution in [3.05, 3.63) is 70.2 Å². The summed E-state index contributed by atoms with van der Waals surface area (Å²) < 4.78 is 41.3. The van der Waals surface area contributed by atoms with E-state index in [2.05, 4.69) is 9.64 Å². The van der Waals surface area contributed by atoms with Crippen LogP contribution in [0.25, 0.3) is 0 Å². The Morgan fingerprint density at radius 2 is 1.69 bits per heavy atom. The molecule has 2 aromatic carbocycles. The number of benzene rings is 2. The molecule has 2 aromatic rings. The number of carbonyl (C=O) groups excluding carboxylic acids is 1. The second-order valence-electron chi connectivity index (χ2n) is 7.00. The molecule has 4 nitrogen and oxygen atoms in total. The lowest BCUT2D eigenvalue weighted by molar-refractivity contribution is -0.176. The molecule has 3 rings (SSSR count). The van der Waals surface area contributed by atoms with Gasteiger partial charge in [-0.1, -0.05) is 35.9 Å². The fraction of sp³-hybridized carbons (Fsp3) is 0.381. The van der Waals surface area contributed by atoms with Crippen molar-refractivity contribution in [2.75, 3.05) is 32.8 Å². The molecular weight excluding hydrogens is 405 g/mol. The van der Waals surface area contributed by atoms with Gasteiger partial charge in [0.1, 0.15) is 6.61 Å². The molecule has 0 N–H and O–H groups in total. The van der Waals surface area contributed by atoms with E-state index in [1.165, 1.54) is 5.56 Å². The molecule has 0 unspecified atom stereocenters. The predicted octanol–water partition coefficient (Wildman–Crippen LogP) is 4.38. The molecule has 1 saturated heterocycles. The van der Waals surface area contributed by atoms with Crippen LogP contribution >= 0.6 is 11.6 Å². The smallest absolute Gasteiger partial charge is 0.367 e. The molecule has 1 heterocycles. The quantitative estimate of drug-likeness (QED) is 0.687. The summed E-state index contributed by atoms with van der Waals surface area (Å²) in [5.74, 6) is -0.117. The Hall–Kier alpha value is -2.09. The number of carbonyl (C=O) groups is 1. The molecule has 1 amide bonds. The summed E-state index contributed by atoms with van der Waals surface area (Å²) in [6.07, 6.45) is -4.36. The van der Waals surface area contributed by atoms with E-state index in [1.807, 2.05) is 24.3 Å². The van der Waals surface area contributed by atoms with Crippen LogP contribution in [-0.2, 0) is 17.9 Å². The first-order valence-corrected chi connectivity index (χ1v) is 9.67. The fourth-order valence-electron chi connectivity index (χ4n) is 3.22. The summed E-state index contributed by atoms with van der Waals surface area (Å²) in [5.41, 5.74) is 2.17. The van der Waals surface area contributed by atoms with Crippen molar-refractivity contribution < 1.29 is 22.7 Å². The number of nitrogens with zero attached hydrogens (tertiary/aromatic N) is 2. The van der Waals surface area contributed by atoms with Crippen molar-refractivity contribution in [2.45, 2.75) is 19.3 Å². The second-order valence-corrected chi connectivity index (χ2v) is 7.44. The highest BCUT2D eigenvalue weighted by Gasteiger charge is 2.27. The first-order valence-electron chi connectivity index (χ1n) is 9.30. The van der Waals surface area contributed by atoms with Crippen molar-refractivity contribution in [2.24, 2.45) is 0 Å². The zero-order valence-electron chi connectivity index (χ0n) is 15.8. The first kappa shape index (κ1) is 21.6. The molecule has 1 aliphatic heterocycles. The highest BCUT2D eigenvalue weighted by Crippen LogP contribution is 2.17. The topological polar surface area (TPSA) is 32.8 Å². The van der Waals surface area contributed by atoms with Gasteiger partial charge in [0.15, 0.2) is 0 Å². The average Bonchev–Trinajstić information content (AvgIpc) is 2.69. The Labute approximate surface area is 172 Å². The Balaban J connectivity index is 1.51. The zero-order valence-corrected chi connectivity index (χ0v) is 16.5. The Morgan fingerprint density at radius 1 is 1.00 bits per heavy atom. The molecule has 156 valence electrons. The largest absolute Gasteiger partial charge is 0.411 e. The third-order valence-corrected chi connectivity index (χ3v) is 4.94. The van der Waals surface area contributed by atoms with Crippen LogP contribution in [0.15, 0.2) is 48.5 Å². The number of amides is 1. The van der Waals surface area contributed by atoms with Gasteiger partial charge in [0.25, 0.3) is 5.91 Å². The van der Waals surface area contributed by atoms with Gasteiger partial charge in [0, 0.05) is 43.3 Å². The van der Waals surface area contributed by atoms with Gasteiger partial charge in [-0.2, -0.15) is 13.2 Å². The third-order valence-electron chi connectivity index (χ3n) is 4.69. The van der Waals surface area contributed by atoms with Gasteiger partial charge in [-0.05, 0) is 35.4 Å². The lowest BCUT2D eigenvalue weighted by atomic mass is 10.1. The molecule has 0 radical (unpaired) electrons. The van der Waals surface area contributed by atoms with Crippen LogP contribution in [-0.4, -0.2) is 54.7 Å². The van der Waals surface area contributed by atoms with Gasteiger partial charge in [0.2, 0.25) is 0 Å². The van der Waals surface area contributed by atoms with Gasteiger partial charge < -0.3 is 9.64 Å². The molecule has 8 heteroatoms. The summed E-state index contributed by atoms with van der Waals surface area (Å²) in [6, 6.07) is 14.3. The second kappa shape index (κ2) is 9.61. The van der Waals surface area contributed by atoms with Crippen LogP contribution in [0, 0.1) is 0 Å². The molecule has 1 aliphatic rings. The maximum Gasteiger partial charge on any atom is 0.411 e. The first-order chi connectivity index (χ1) is 13.8. The summed E-state index contributed by atoms with van der Waals surface area (Å²) >= 11 is 5.91. The maximum absolute atomic E-state index is 12.8. The maximum atomic E-state index is 12.8. The van der Waals surface area contributed by atoms with E-state index in [9.17, 15) is 18.0 Å². The number of hydrogen-bond donors (Lipinski definition) is 0. The minimum atomic E-state index is -4.36. The van der Waals surface area contributed by atoms with Gasteiger partial charge >= 0.3 is 6.18 Å². The molecule has 29 heavy (non-hydrogen) atoms. The number of rotatable bonds is 6. The van der Waals surface area contributed by atoms with E-state index in [1.54, 1.807) is 29.2 Å². The summed E-state index contributed by atoms with van der Waals surface area (Å²) in [7, 11) is 0. The SMILES string of the molecule is O=C(c1cccc(COCC(F)(F)F)c1)N1CCN(Cc2ccc(Cl)cc2)CC1.